The van der Waals surface area contributed by atoms with Crippen LogP contribution in [0.2, 0.25) is 0 Å². The minimum absolute atomic E-state index is 0.0456. The second-order valence-corrected chi connectivity index (χ2v) is 6.36. The van der Waals surface area contributed by atoms with Crippen molar-refractivity contribution < 1.29 is 4.79 Å². The van der Waals surface area contributed by atoms with E-state index in [1.165, 1.54) is 30.4 Å². The van der Waals surface area contributed by atoms with Crippen molar-refractivity contribution in [3.63, 3.8) is 0 Å². The van der Waals surface area contributed by atoms with Crippen molar-refractivity contribution in [3.8, 4) is 0 Å². The van der Waals surface area contributed by atoms with E-state index in [0.29, 0.717) is 0 Å². The summed E-state index contributed by atoms with van der Waals surface area (Å²) in [7, 11) is 0. The molecule has 0 aliphatic carbocycles. The Morgan fingerprint density at radius 3 is 2.17 bits per heavy atom. The van der Waals surface area contributed by atoms with Gasteiger partial charge in [-0.15, -0.1) is 0 Å². The van der Waals surface area contributed by atoms with E-state index in [1.54, 1.807) is 0 Å². The van der Waals surface area contributed by atoms with E-state index in [0.717, 1.165) is 19.1 Å². The molecule has 126 valence electrons. The van der Waals surface area contributed by atoms with Gasteiger partial charge in [-0.1, -0.05) is 105 Å². The summed E-state index contributed by atoms with van der Waals surface area (Å²) in [5.41, 5.74) is 2.39. The van der Waals surface area contributed by atoms with Crippen molar-refractivity contribution in [1.82, 2.24) is 0 Å². The minimum atomic E-state index is 0.0456. The summed E-state index contributed by atoms with van der Waals surface area (Å²) < 4.78 is 0. The van der Waals surface area contributed by atoms with Gasteiger partial charge in [0.2, 0.25) is 0 Å². The van der Waals surface area contributed by atoms with E-state index >= 15 is 0 Å². The highest BCUT2D eigenvalue weighted by atomic mass is 16.1. The molecule has 0 saturated heterocycles. The van der Waals surface area contributed by atoms with Crippen molar-refractivity contribution in [3.05, 3.63) is 77.9 Å². The van der Waals surface area contributed by atoms with Crippen LogP contribution < -0.4 is 0 Å². The summed E-state index contributed by atoms with van der Waals surface area (Å²) in [6.07, 6.45) is 11.3. The van der Waals surface area contributed by atoms with Gasteiger partial charge in [0.1, 0.15) is 6.29 Å². The van der Waals surface area contributed by atoms with Gasteiger partial charge in [0.15, 0.2) is 0 Å². The molecule has 2 aromatic rings. The molecule has 1 heteroatoms. The van der Waals surface area contributed by atoms with E-state index in [1.807, 2.05) is 24.3 Å². The molecule has 0 fully saturated rings. The van der Waals surface area contributed by atoms with Crippen LogP contribution in [0.1, 0.15) is 56.1 Å². The molecular weight excluding hydrogens is 292 g/mol. The number of carbonyl (C=O) groups excluding carboxylic acids is 1. The Morgan fingerprint density at radius 2 is 1.54 bits per heavy atom. The Hall–Kier alpha value is -2.15. The van der Waals surface area contributed by atoms with Crippen LogP contribution in [-0.4, -0.2) is 6.29 Å². The van der Waals surface area contributed by atoms with E-state index in [4.69, 9.17) is 0 Å². The molecule has 0 unspecified atom stereocenters. The largest absolute Gasteiger partial charge is 0.303 e. The zero-order valence-electron chi connectivity index (χ0n) is 14.6. The molecular formula is C23H28O. The van der Waals surface area contributed by atoms with Crippen LogP contribution in [0.25, 0.3) is 6.08 Å². The van der Waals surface area contributed by atoms with Crippen LogP contribution in [0.5, 0.6) is 0 Å². The Bertz CT molecular complexity index is 600. The topological polar surface area (TPSA) is 17.1 Å². The maximum Gasteiger partial charge on any atom is 0.123 e. The molecule has 0 amide bonds. The number of aldehydes is 1. The first kappa shape index (κ1) is 18.2. The Morgan fingerprint density at radius 1 is 0.875 bits per heavy atom. The number of hydrogen-bond donors (Lipinski definition) is 0. The summed E-state index contributed by atoms with van der Waals surface area (Å²) in [6, 6.07) is 20.7. The average Bonchev–Trinajstić information content (AvgIpc) is 2.65. The maximum atomic E-state index is 11.8. The average molecular weight is 320 g/mol. The molecule has 2 rings (SSSR count). The maximum absolute atomic E-state index is 11.8. The van der Waals surface area contributed by atoms with Gasteiger partial charge in [0.25, 0.3) is 0 Å². The van der Waals surface area contributed by atoms with Crippen molar-refractivity contribution in [2.45, 2.75) is 44.9 Å². The van der Waals surface area contributed by atoms with Gasteiger partial charge < -0.3 is 4.79 Å². The lowest BCUT2D eigenvalue weighted by molar-refractivity contribution is -0.111. The third-order valence-electron chi connectivity index (χ3n) is 4.51. The molecule has 0 saturated carbocycles. The Labute approximate surface area is 146 Å². The van der Waals surface area contributed by atoms with Gasteiger partial charge in [-0.05, 0) is 17.5 Å². The smallest absolute Gasteiger partial charge is 0.123 e. The summed E-state index contributed by atoms with van der Waals surface area (Å²) in [6.45, 7) is 2.21. The molecule has 1 nitrogen and oxygen atoms in total. The molecule has 24 heavy (non-hydrogen) atoms. The van der Waals surface area contributed by atoms with Crippen LogP contribution in [-0.2, 0) is 4.79 Å². The van der Waals surface area contributed by atoms with E-state index in [9.17, 15) is 4.79 Å². The SMILES string of the molecule is CCCCCC[C@H](C=O)[C@@H](/C=C/c1ccccc1)c1ccccc1. The molecule has 0 bridgehead atoms. The van der Waals surface area contributed by atoms with Crippen LogP contribution in [0.15, 0.2) is 66.7 Å². The van der Waals surface area contributed by atoms with Gasteiger partial charge in [-0.2, -0.15) is 0 Å². The third-order valence-corrected chi connectivity index (χ3v) is 4.51. The van der Waals surface area contributed by atoms with Crippen LogP contribution >= 0.6 is 0 Å². The number of benzene rings is 2. The van der Waals surface area contributed by atoms with Crippen molar-refractivity contribution in [2.24, 2.45) is 5.92 Å². The molecule has 0 spiro atoms. The zero-order valence-corrected chi connectivity index (χ0v) is 14.6. The monoisotopic (exact) mass is 320 g/mol. The summed E-state index contributed by atoms with van der Waals surface area (Å²) >= 11 is 0. The summed E-state index contributed by atoms with van der Waals surface area (Å²) in [5, 5.41) is 0. The standard InChI is InChI=1S/C23H28O/c1-2-3-4-9-16-22(19-24)23(21-14-10-6-11-15-21)18-17-20-12-7-5-8-13-20/h5-8,10-15,17-19,22-23H,2-4,9,16H2,1H3/b18-17+/t22-,23+/m1/s1. The van der Waals surface area contributed by atoms with Crippen molar-refractivity contribution >= 4 is 12.4 Å². The quantitative estimate of drug-likeness (QED) is 0.372. The molecule has 0 N–H and O–H groups in total. The number of carbonyl (C=O) groups is 1. The highest BCUT2D eigenvalue weighted by Crippen LogP contribution is 2.30. The lowest BCUT2D eigenvalue weighted by Crippen LogP contribution is -2.13. The lowest BCUT2D eigenvalue weighted by Gasteiger charge is -2.20. The highest BCUT2D eigenvalue weighted by Gasteiger charge is 2.20. The molecule has 2 atom stereocenters. The molecule has 0 radical (unpaired) electrons. The van der Waals surface area contributed by atoms with E-state index in [-0.39, 0.29) is 11.8 Å². The van der Waals surface area contributed by atoms with Crippen LogP contribution in [0.4, 0.5) is 0 Å². The summed E-state index contributed by atoms with van der Waals surface area (Å²) in [5.74, 6) is 0.190. The molecule has 0 aliphatic rings. The fourth-order valence-electron chi connectivity index (χ4n) is 3.09. The van der Waals surface area contributed by atoms with E-state index < -0.39 is 0 Å². The van der Waals surface area contributed by atoms with Gasteiger partial charge in [0.05, 0.1) is 0 Å². The third kappa shape index (κ3) is 5.81. The molecule has 2 aromatic carbocycles. The first-order chi connectivity index (χ1) is 11.8. The predicted octanol–water partition coefficient (Wildman–Crippen LogP) is 6.27. The number of hydrogen-bond acceptors (Lipinski definition) is 1. The van der Waals surface area contributed by atoms with E-state index in [2.05, 4.69) is 55.5 Å². The number of rotatable bonds is 10. The fourth-order valence-corrected chi connectivity index (χ4v) is 3.09. The Balaban J connectivity index is 2.15. The first-order valence-electron chi connectivity index (χ1n) is 9.08. The summed E-state index contributed by atoms with van der Waals surface area (Å²) in [4.78, 5) is 11.8. The van der Waals surface area contributed by atoms with Crippen LogP contribution in [0, 0.1) is 5.92 Å². The second kappa shape index (κ2) is 10.6. The number of unbranched alkanes of at least 4 members (excludes halogenated alkanes) is 3. The van der Waals surface area contributed by atoms with Gasteiger partial charge in [-0.3, -0.25) is 0 Å². The lowest BCUT2D eigenvalue weighted by atomic mass is 9.83. The van der Waals surface area contributed by atoms with Gasteiger partial charge in [-0.25, -0.2) is 0 Å². The first-order valence-corrected chi connectivity index (χ1v) is 9.08. The minimum Gasteiger partial charge on any atom is -0.303 e. The molecule has 0 aliphatic heterocycles. The normalized spacial score (nSPS) is 13.7. The molecule has 0 heterocycles. The second-order valence-electron chi connectivity index (χ2n) is 6.36. The molecule has 0 aromatic heterocycles. The van der Waals surface area contributed by atoms with Crippen molar-refractivity contribution in [2.75, 3.05) is 0 Å². The van der Waals surface area contributed by atoms with Crippen molar-refractivity contribution in [1.29, 1.82) is 0 Å². The highest BCUT2D eigenvalue weighted by molar-refractivity contribution is 5.59. The Kier molecular flexibility index (Phi) is 8.03. The zero-order chi connectivity index (χ0) is 17.0. The fraction of sp³-hybridized carbons (Fsp3) is 0.348. The number of allylic oxidation sites excluding steroid dienone is 1. The van der Waals surface area contributed by atoms with Gasteiger partial charge in [0, 0.05) is 11.8 Å². The van der Waals surface area contributed by atoms with Gasteiger partial charge >= 0.3 is 0 Å². The van der Waals surface area contributed by atoms with Crippen LogP contribution in [0.3, 0.4) is 0 Å². The predicted molar refractivity (Wildman–Crippen MR) is 103 cm³/mol.